The second-order valence-electron chi connectivity index (χ2n) is 5.60. The molecule has 20 heavy (non-hydrogen) atoms. The van der Waals surface area contributed by atoms with Gasteiger partial charge in [0, 0.05) is 0 Å². The predicted octanol–water partition coefficient (Wildman–Crippen LogP) is 5.09. The first-order chi connectivity index (χ1) is 9.65. The van der Waals surface area contributed by atoms with Crippen LogP contribution in [0.4, 0.5) is 4.39 Å². The lowest BCUT2D eigenvalue weighted by molar-refractivity contribution is 0.568. The zero-order valence-electron chi connectivity index (χ0n) is 12.8. The molecule has 0 heterocycles. The molecule has 0 aliphatic carbocycles. The molecule has 0 atom stereocenters. The molecule has 0 unspecified atom stereocenters. The van der Waals surface area contributed by atoms with Crippen molar-refractivity contribution in [2.45, 2.75) is 58.3 Å². The normalized spacial score (nSPS) is 10.8. The molecule has 0 bridgehead atoms. The fraction of sp³-hybridized carbons (Fsp3) is 0.556. The lowest BCUT2D eigenvalue weighted by Crippen LogP contribution is -1.97. The molecule has 0 aromatic heterocycles. The molecular formula is C18H28FN. The van der Waals surface area contributed by atoms with Crippen molar-refractivity contribution in [1.29, 1.82) is 0 Å². The molecule has 0 aliphatic heterocycles. The fourth-order valence-electron chi connectivity index (χ4n) is 2.36. The highest BCUT2D eigenvalue weighted by Crippen LogP contribution is 2.18. The van der Waals surface area contributed by atoms with Gasteiger partial charge in [-0.3, -0.25) is 0 Å². The largest absolute Gasteiger partial charge is 0.330 e. The predicted molar refractivity (Wildman–Crippen MR) is 86.2 cm³/mol. The summed E-state index contributed by atoms with van der Waals surface area (Å²) in [5.41, 5.74) is 8.09. The first kappa shape index (κ1) is 16.9. The summed E-state index contributed by atoms with van der Waals surface area (Å²) in [6.07, 6.45) is 9.27. The molecule has 0 spiro atoms. The number of rotatable bonds is 10. The second-order valence-corrected chi connectivity index (χ2v) is 5.60. The topological polar surface area (TPSA) is 26.0 Å². The van der Waals surface area contributed by atoms with E-state index < -0.39 is 0 Å². The Morgan fingerprint density at radius 2 is 1.65 bits per heavy atom. The maximum atomic E-state index is 13.9. The van der Waals surface area contributed by atoms with Crippen molar-refractivity contribution in [1.82, 2.24) is 0 Å². The standard InChI is InChI=1S/C18H28FN/c1-15(2)17-12-11-16(18(19)14-17)10-8-6-4-3-5-7-9-13-20/h11-12,14H,1,3-10,13,20H2,2H3. The van der Waals surface area contributed by atoms with Gasteiger partial charge in [-0.2, -0.15) is 0 Å². The molecule has 0 radical (unpaired) electrons. The van der Waals surface area contributed by atoms with E-state index in [2.05, 4.69) is 6.58 Å². The fourth-order valence-corrected chi connectivity index (χ4v) is 2.36. The Kier molecular flexibility index (Phi) is 8.20. The van der Waals surface area contributed by atoms with Crippen molar-refractivity contribution >= 4 is 5.57 Å². The third kappa shape index (κ3) is 6.33. The molecule has 2 heteroatoms. The van der Waals surface area contributed by atoms with Gasteiger partial charge >= 0.3 is 0 Å². The SMILES string of the molecule is C=C(C)c1ccc(CCCCCCCCCN)c(F)c1. The summed E-state index contributed by atoms with van der Waals surface area (Å²) >= 11 is 0. The van der Waals surface area contributed by atoms with Gasteiger partial charge in [-0.05, 0) is 49.9 Å². The summed E-state index contributed by atoms with van der Waals surface area (Å²) in [5.74, 6) is -0.0894. The Labute approximate surface area is 123 Å². The molecule has 0 saturated carbocycles. The Hall–Kier alpha value is -1.15. The molecule has 112 valence electrons. The Morgan fingerprint density at radius 3 is 2.20 bits per heavy atom. The van der Waals surface area contributed by atoms with Crippen LogP contribution in [0.15, 0.2) is 24.8 Å². The number of nitrogens with two attached hydrogens (primary N) is 1. The summed E-state index contributed by atoms with van der Waals surface area (Å²) < 4.78 is 13.9. The van der Waals surface area contributed by atoms with Gasteiger partial charge in [0.15, 0.2) is 0 Å². The zero-order chi connectivity index (χ0) is 14.8. The van der Waals surface area contributed by atoms with E-state index in [1.165, 1.54) is 32.1 Å². The van der Waals surface area contributed by atoms with Gasteiger partial charge in [0.1, 0.15) is 5.82 Å². The van der Waals surface area contributed by atoms with E-state index in [0.717, 1.165) is 42.5 Å². The minimum atomic E-state index is -0.0894. The van der Waals surface area contributed by atoms with Crippen LogP contribution in [0.25, 0.3) is 5.57 Å². The van der Waals surface area contributed by atoms with E-state index in [4.69, 9.17) is 5.73 Å². The number of hydrogen-bond donors (Lipinski definition) is 1. The molecule has 0 aliphatic rings. The average molecular weight is 277 g/mol. The molecule has 1 rings (SSSR count). The maximum absolute atomic E-state index is 13.9. The van der Waals surface area contributed by atoms with Crippen LogP contribution < -0.4 is 5.73 Å². The molecular weight excluding hydrogens is 249 g/mol. The Bertz CT molecular complexity index is 412. The van der Waals surface area contributed by atoms with Crippen LogP contribution in [-0.2, 0) is 6.42 Å². The highest BCUT2D eigenvalue weighted by Gasteiger charge is 2.04. The molecule has 0 amide bonds. The smallest absolute Gasteiger partial charge is 0.127 e. The number of halogens is 1. The van der Waals surface area contributed by atoms with Gasteiger partial charge in [0.2, 0.25) is 0 Å². The van der Waals surface area contributed by atoms with E-state index in [1.54, 1.807) is 6.07 Å². The number of hydrogen-bond acceptors (Lipinski definition) is 1. The van der Waals surface area contributed by atoms with Crippen molar-refractivity contribution in [2.75, 3.05) is 6.54 Å². The molecule has 1 aromatic carbocycles. The van der Waals surface area contributed by atoms with Gasteiger partial charge < -0.3 is 5.73 Å². The minimum Gasteiger partial charge on any atom is -0.330 e. The van der Waals surface area contributed by atoms with Crippen LogP contribution >= 0.6 is 0 Å². The highest BCUT2D eigenvalue weighted by atomic mass is 19.1. The first-order valence-electron chi connectivity index (χ1n) is 7.79. The van der Waals surface area contributed by atoms with Crippen LogP contribution in [0.1, 0.15) is 63.0 Å². The first-order valence-corrected chi connectivity index (χ1v) is 7.79. The summed E-state index contributed by atoms with van der Waals surface area (Å²) in [6.45, 7) is 6.55. The second kappa shape index (κ2) is 9.71. The lowest BCUT2D eigenvalue weighted by atomic mass is 10.0. The molecule has 0 saturated heterocycles. The van der Waals surface area contributed by atoms with Crippen molar-refractivity contribution in [3.05, 3.63) is 41.7 Å². The summed E-state index contributed by atoms with van der Waals surface area (Å²) in [4.78, 5) is 0. The maximum Gasteiger partial charge on any atom is 0.127 e. The van der Waals surface area contributed by atoms with Gasteiger partial charge in [-0.1, -0.05) is 56.4 Å². The van der Waals surface area contributed by atoms with Crippen LogP contribution in [0.5, 0.6) is 0 Å². The number of benzene rings is 1. The van der Waals surface area contributed by atoms with Crippen LogP contribution in [0, 0.1) is 5.82 Å². The molecule has 0 fully saturated rings. The quantitative estimate of drug-likeness (QED) is 0.592. The van der Waals surface area contributed by atoms with E-state index in [9.17, 15) is 4.39 Å². The highest BCUT2D eigenvalue weighted by molar-refractivity contribution is 5.61. The zero-order valence-corrected chi connectivity index (χ0v) is 12.8. The number of allylic oxidation sites excluding steroid dienone is 1. The van der Waals surface area contributed by atoms with Crippen molar-refractivity contribution in [2.24, 2.45) is 5.73 Å². The third-order valence-electron chi connectivity index (χ3n) is 3.70. The van der Waals surface area contributed by atoms with Crippen molar-refractivity contribution < 1.29 is 4.39 Å². The molecule has 1 nitrogen and oxygen atoms in total. The Balaban J connectivity index is 2.20. The summed E-state index contributed by atoms with van der Waals surface area (Å²) in [7, 11) is 0. The van der Waals surface area contributed by atoms with Crippen molar-refractivity contribution in [3.63, 3.8) is 0 Å². The number of unbranched alkanes of at least 4 members (excludes halogenated alkanes) is 6. The van der Waals surface area contributed by atoms with Crippen molar-refractivity contribution in [3.8, 4) is 0 Å². The molecule has 1 aromatic rings. The molecule has 2 N–H and O–H groups in total. The minimum absolute atomic E-state index is 0.0894. The van der Waals surface area contributed by atoms with Crippen LogP contribution in [0.3, 0.4) is 0 Å². The number of aryl methyl sites for hydroxylation is 1. The van der Waals surface area contributed by atoms with E-state index >= 15 is 0 Å². The van der Waals surface area contributed by atoms with Gasteiger partial charge in [-0.15, -0.1) is 0 Å². The van der Waals surface area contributed by atoms with Crippen LogP contribution in [-0.4, -0.2) is 6.54 Å². The Morgan fingerprint density at radius 1 is 1.05 bits per heavy atom. The van der Waals surface area contributed by atoms with Gasteiger partial charge in [0.25, 0.3) is 0 Å². The lowest BCUT2D eigenvalue weighted by Gasteiger charge is -2.06. The van der Waals surface area contributed by atoms with E-state index in [1.807, 2.05) is 19.1 Å². The summed E-state index contributed by atoms with van der Waals surface area (Å²) in [6, 6.07) is 5.47. The third-order valence-corrected chi connectivity index (χ3v) is 3.70. The van der Waals surface area contributed by atoms with Gasteiger partial charge in [-0.25, -0.2) is 4.39 Å². The van der Waals surface area contributed by atoms with E-state index in [0.29, 0.717) is 0 Å². The van der Waals surface area contributed by atoms with Crippen LogP contribution in [0.2, 0.25) is 0 Å². The monoisotopic (exact) mass is 277 g/mol. The van der Waals surface area contributed by atoms with E-state index in [-0.39, 0.29) is 5.82 Å². The van der Waals surface area contributed by atoms with Gasteiger partial charge in [0.05, 0.1) is 0 Å². The summed E-state index contributed by atoms with van der Waals surface area (Å²) in [5, 5.41) is 0. The average Bonchev–Trinajstić information content (AvgIpc) is 2.43.